The van der Waals surface area contributed by atoms with Gasteiger partial charge < -0.3 is 14.8 Å². The Kier molecular flexibility index (Phi) is 7.67. The molecule has 1 aliphatic heterocycles. The highest BCUT2D eigenvalue weighted by atomic mass is 32.2. The predicted molar refractivity (Wildman–Crippen MR) is 105 cm³/mol. The number of ether oxygens (including phenoxy) is 2. The number of methoxy groups -OCH3 is 1. The smallest absolute Gasteiger partial charge is 0.244 e. The number of carbonyl (C=O) groups excluding carboxylic acids is 1. The molecule has 0 saturated carbocycles. The minimum atomic E-state index is -3.16. The van der Waals surface area contributed by atoms with E-state index in [0.717, 1.165) is 12.0 Å². The van der Waals surface area contributed by atoms with Gasteiger partial charge in [-0.2, -0.15) is 0 Å². The minimum absolute atomic E-state index is 0.0143. The summed E-state index contributed by atoms with van der Waals surface area (Å²) in [7, 11) is -1.58. The number of sulfonamides is 1. The van der Waals surface area contributed by atoms with Gasteiger partial charge >= 0.3 is 0 Å². The number of amides is 1. The van der Waals surface area contributed by atoms with E-state index < -0.39 is 10.0 Å². The molecular weight excluding hydrogens is 368 g/mol. The Bertz CT molecular complexity index is 768. The molecule has 27 heavy (non-hydrogen) atoms. The highest BCUT2D eigenvalue weighted by Crippen LogP contribution is 2.28. The first-order valence-corrected chi connectivity index (χ1v) is 10.9. The van der Waals surface area contributed by atoms with Crippen LogP contribution in [0.15, 0.2) is 24.3 Å². The monoisotopic (exact) mass is 396 g/mol. The van der Waals surface area contributed by atoms with Crippen molar-refractivity contribution in [2.45, 2.75) is 32.2 Å². The van der Waals surface area contributed by atoms with Gasteiger partial charge in [0.2, 0.25) is 15.9 Å². The quantitative estimate of drug-likeness (QED) is 0.680. The molecule has 0 radical (unpaired) electrons. The molecule has 0 unspecified atom stereocenters. The van der Waals surface area contributed by atoms with Crippen molar-refractivity contribution in [3.63, 3.8) is 0 Å². The van der Waals surface area contributed by atoms with Crippen LogP contribution >= 0.6 is 0 Å². The molecule has 1 aromatic rings. The summed E-state index contributed by atoms with van der Waals surface area (Å²) in [5, 5.41) is 2.93. The average Bonchev–Trinajstić information content (AvgIpc) is 2.64. The van der Waals surface area contributed by atoms with Crippen molar-refractivity contribution in [2.24, 2.45) is 0 Å². The second-order valence-electron chi connectivity index (χ2n) is 6.54. The lowest BCUT2D eigenvalue weighted by molar-refractivity contribution is -0.117. The minimum Gasteiger partial charge on any atom is -0.493 e. The number of hydrogen-bond acceptors (Lipinski definition) is 5. The average molecular weight is 397 g/mol. The maximum atomic E-state index is 12.1. The number of benzene rings is 1. The lowest BCUT2D eigenvalue weighted by Gasteiger charge is -2.30. The number of rotatable bonds is 8. The summed E-state index contributed by atoms with van der Waals surface area (Å²) in [6.07, 6.45) is 6.54. The van der Waals surface area contributed by atoms with Gasteiger partial charge in [-0.25, -0.2) is 12.7 Å². The molecule has 8 heteroatoms. The summed E-state index contributed by atoms with van der Waals surface area (Å²) in [5.41, 5.74) is 0.831. The maximum absolute atomic E-state index is 12.1. The van der Waals surface area contributed by atoms with E-state index in [9.17, 15) is 13.2 Å². The first-order valence-electron chi connectivity index (χ1n) is 9.08. The van der Waals surface area contributed by atoms with Crippen molar-refractivity contribution in [3.8, 4) is 11.5 Å². The molecule has 1 saturated heterocycles. The first-order chi connectivity index (χ1) is 12.8. The Morgan fingerprint density at radius 2 is 2.00 bits per heavy atom. The van der Waals surface area contributed by atoms with Crippen LogP contribution in [0.25, 0.3) is 6.08 Å². The fourth-order valence-electron chi connectivity index (χ4n) is 2.87. The third-order valence-electron chi connectivity index (χ3n) is 4.35. The van der Waals surface area contributed by atoms with Gasteiger partial charge in [0.05, 0.1) is 20.0 Å². The Morgan fingerprint density at radius 3 is 2.59 bits per heavy atom. The molecule has 0 aromatic heterocycles. The van der Waals surface area contributed by atoms with Gasteiger partial charge in [-0.3, -0.25) is 4.79 Å². The number of hydrogen-bond donors (Lipinski definition) is 1. The standard InChI is InChI=1S/C19H28N2O5S/c1-4-13-26-17-7-5-15(14-18(17)25-2)6-8-19(22)20-16-9-11-21(12-10-16)27(3,23)24/h5-8,14,16H,4,9-13H2,1-3H3,(H,20,22)/b8-6+. The molecule has 0 aliphatic carbocycles. The summed E-state index contributed by atoms with van der Waals surface area (Å²) >= 11 is 0. The van der Waals surface area contributed by atoms with Crippen LogP contribution in [0.2, 0.25) is 0 Å². The van der Waals surface area contributed by atoms with Crippen molar-refractivity contribution in [2.75, 3.05) is 33.1 Å². The van der Waals surface area contributed by atoms with Gasteiger partial charge in [0.1, 0.15) is 0 Å². The molecule has 0 spiro atoms. The van der Waals surface area contributed by atoms with Gasteiger partial charge in [-0.15, -0.1) is 0 Å². The van der Waals surface area contributed by atoms with E-state index in [-0.39, 0.29) is 11.9 Å². The maximum Gasteiger partial charge on any atom is 0.244 e. The van der Waals surface area contributed by atoms with Crippen molar-refractivity contribution in [1.29, 1.82) is 0 Å². The third kappa shape index (κ3) is 6.55. The van der Waals surface area contributed by atoms with Crippen LogP contribution < -0.4 is 14.8 Å². The predicted octanol–water partition coefficient (Wildman–Crippen LogP) is 2.04. The van der Waals surface area contributed by atoms with E-state index >= 15 is 0 Å². The van der Waals surface area contributed by atoms with Crippen LogP contribution in [-0.4, -0.2) is 57.7 Å². The summed E-state index contributed by atoms with van der Waals surface area (Å²) in [6.45, 7) is 3.52. The molecule has 150 valence electrons. The summed E-state index contributed by atoms with van der Waals surface area (Å²) in [5.74, 6) is 1.11. The second-order valence-corrected chi connectivity index (χ2v) is 8.52. The molecule has 1 fully saturated rings. The molecule has 1 amide bonds. The molecule has 1 aromatic carbocycles. The Labute approximate surface area is 161 Å². The van der Waals surface area contributed by atoms with Crippen LogP contribution in [0.1, 0.15) is 31.7 Å². The van der Waals surface area contributed by atoms with Crippen LogP contribution in [0, 0.1) is 0 Å². The Balaban J connectivity index is 1.89. The van der Waals surface area contributed by atoms with Gasteiger partial charge in [-0.1, -0.05) is 13.0 Å². The van der Waals surface area contributed by atoms with Crippen molar-refractivity contribution in [1.82, 2.24) is 9.62 Å². The molecule has 1 heterocycles. The van der Waals surface area contributed by atoms with E-state index in [4.69, 9.17) is 9.47 Å². The van der Waals surface area contributed by atoms with Crippen LogP contribution in [-0.2, 0) is 14.8 Å². The first kappa shape index (κ1) is 21.2. The van der Waals surface area contributed by atoms with Gasteiger partial charge in [0.25, 0.3) is 0 Å². The van der Waals surface area contributed by atoms with Crippen molar-refractivity contribution in [3.05, 3.63) is 29.8 Å². The van der Waals surface area contributed by atoms with Gasteiger partial charge in [0.15, 0.2) is 11.5 Å². The lowest BCUT2D eigenvalue weighted by atomic mass is 10.1. The third-order valence-corrected chi connectivity index (χ3v) is 5.65. The second kappa shape index (κ2) is 9.75. The zero-order valence-electron chi connectivity index (χ0n) is 16.1. The van der Waals surface area contributed by atoms with Crippen LogP contribution in [0.5, 0.6) is 11.5 Å². The highest BCUT2D eigenvalue weighted by molar-refractivity contribution is 7.88. The molecule has 0 atom stereocenters. The largest absolute Gasteiger partial charge is 0.493 e. The number of nitrogens with one attached hydrogen (secondary N) is 1. The zero-order valence-corrected chi connectivity index (χ0v) is 16.9. The Hall–Kier alpha value is -2.06. The molecule has 2 rings (SSSR count). The highest BCUT2D eigenvalue weighted by Gasteiger charge is 2.25. The summed E-state index contributed by atoms with van der Waals surface area (Å²) < 4.78 is 35.4. The molecule has 1 N–H and O–H groups in total. The molecule has 7 nitrogen and oxygen atoms in total. The van der Waals surface area contributed by atoms with E-state index in [1.54, 1.807) is 13.2 Å². The number of piperidine rings is 1. The van der Waals surface area contributed by atoms with Gasteiger partial charge in [-0.05, 0) is 43.0 Å². The fourth-order valence-corrected chi connectivity index (χ4v) is 3.75. The van der Waals surface area contributed by atoms with Crippen LogP contribution in [0.4, 0.5) is 0 Å². The van der Waals surface area contributed by atoms with Gasteiger partial charge in [0, 0.05) is 25.2 Å². The SMILES string of the molecule is CCCOc1ccc(/C=C/C(=O)NC2CCN(S(C)(=O)=O)CC2)cc1OC. The normalized spacial score (nSPS) is 16.4. The molecule has 0 bridgehead atoms. The Morgan fingerprint density at radius 1 is 1.30 bits per heavy atom. The summed E-state index contributed by atoms with van der Waals surface area (Å²) in [4.78, 5) is 12.1. The zero-order chi connectivity index (χ0) is 19.9. The summed E-state index contributed by atoms with van der Waals surface area (Å²) in [6, 6.07) is 5.49. The van der Waals surface area contributed by atoms with E-state index in [0.29, 0.717) is 44.0 Å². The fraction of sp³-hybridized carbons (Fsp3) is 0.526. The molecule has 1 aliphatic rings. The number of carbonyl (C=O) groups is 1. The van der Waals surface area contributed by atoms with E-state index in [1.165, 1.54) is 16.6 Å². The number of nitrogens with zero attached hydrogens (tertiary/aromatic N) is 1. The van der Waals surface area contributed by atoms with Crippen LogP contribution in [0.3, 0.4) is 0 Å². The lowest BCUT2D eigenvalue weighted by Crippen LogP contribution is -2.45. The van der Waals surface area contributed by atoms with Crippen molar-refractivity contribution >= 4 is 22.0 Å². The van der Waals surface area contributed by atoms with Crippen molar-refractivity contribution < 1.29 is 22.7 Å². The molecular formula is C19H28N2O5S. The van der Waals surface area contributed by atoms with E-state index in [2.05, 4.69) is 5.32 Å². The van der Waals surface area contributed by atoms with E-state index in [1.807, 2.05) is 25.1 Å². The topological polar surface area (TPSA) is 84.9 Å².